The highest BCUT2D eigenvalue weighted by molar-refractivity contribution is 7.99. The Bertz CT molecular complexity index is 1310. The average molecular weight is 566 g/mol. The van der Waals surface area contributed by atoms with Crippen LogP contribution in [-0.2, 0) is 20.9 Å². The number of hydrogen-bond acceptors (Lipinski definition) is 7. The molecule has 204 valence electrons. The highest BCUT2D eigenvalue weighted by atomic mass is 35.5. The second kappa shape index (κ2) is 14.9. The van der Waals surface area contributed by atoms with Crippen molar-refractivity contribution < 1.29 is 23.7 Å². The van der Waals surface area contributed by atoms with Gasteiger partial charge in [0, 0.05) is 33.5 Å². The summed E-state index contributed by atoms with van der Waals surface area (Å²) >= 11 is 7.64. The second-order valence-corrected chi connectivity index (χ2v) is 10.5. The Morgan fingerprint density at radius 1 is 1.03 bits per heavy atom. The van der Waals surface area contributed by atoms with Crippen LogP contribution in [0.4, 0.5) is 0 Å². The molecule has 8 heteroatoms. The van der Waals surface area contributed by atoms with Crippen LogP contribution >= 0.6 is 23.4 Å². The predicted molar refractivity (Wildman–Crippen MR) is 154 cm³/mol. The molecule has 6 nitrogen and oxygen atoms in total. The molecule has 0 bridgehead atoms. The van der Waals surface area contributed by atoms with Gasteiger partial charge in [-0.25, -0.2) is 4.79 Å². The zero-order valence-corrected chi connectivity index (χ0v) is 23.8. The molecule has 0 unspecified atom stereocenters. The van der Waals surface area contributed by atoms with Gasteiger partial charge in [-0.15, -0.1) is 0 Å². The molecule has 1 saturated heterocycles. The van der Waals surface area contributed by atoms with Crippen LogP contribution in [0.15, 0.2) is 70.5 Å². The molecule has 3 aromatic carbocycles. The molecule has 0 N–H and O–H groups in total. The van der Waals surface area contributed by atoms with Crippen LogP contribution < -0.4 is 9.47 Å². The van der Waals surface area contributed by atoms with Gasteiger partial charge in [-0.1, -0.05) is 47.3 Å². The number of rotatable bonds is 10. The lowest BCUT2D eigenvalue weighted by atomic mass is 10.2. The van der Waals surface area contributed by atoms with E-state index >= 15 is 0 Å². The third-order valence-electron chi connectivity index (χ3n) is 5.87. The van der Waals surface area contributed by atoms with Crippen molar-refractivity contribution in [2.75, 3.05) is 46.1 Å². The van der Waals surface area contributed by atoms with E-state index in [2.05, 4.69) is 22.8 Å². The second-order valence-electron chi connectivity index (χ2n) is 8.92. The minimum absolute atomic E-state index is 0.110. The van der Waals surface area contributed by atoms with Crippen LogP contribution in [-0.4, -0.2) is 56.9 Å². The van der Waals surface area contributed by atoms with E-state index in [1.807, 2.05) is 61.5 Å². The van der Waals surface area contributed by atoms with E-state index in [4.69, 9.17) is 30.5 Å². The molecule has 1 fully saturated rings. The summed E-state index contributed by atoms with van der Waals surface area (Å²) in [6.45, 7) is 8.39. The maximum Gasteiger partial charge on any atom is 0.344 e. The first-order valence-electron chi connectivity index (χ1n) is 12.9. The van der Waals surface area contributed by atoms with Crippen molar-refractivity contribution in [1.82, 2.24) is 4.90 Å². The number of nitrogens with zero attached hydrogens (tertiary/aromatic N) is 1. The zero-order valence-electron chi connectivity index (χ0n) is 22.2. The molecular weight excluding hydrogens is 534 g/mol. The van der Waals surface area contributed by atoms with Gasteiger partial charge in [-0.05, 0) is 73.5 Å². The van der Waals surface area contributed by atoms with Gasteiger partial charge in [0.2, 0.25) is 0 Å². The van der Waals surface area contributed by atoms with E-state index in [0.717, 1.165) is 58.5 Å². The topological polar surface area (TPSA) is 57.2 Å². The molecule has 1 heterocycles. The Morgan fingerprint density at radius 2 is 1.82 bits per heavy atom. The first kappa shape index (κ1) is 28.8. The largest absolute Gasteiger partial charge is 0.489 e. The maximum atomic E-state index is 11.6. The van der Waals surface area contributed by atoms with Crippen LogP contribution in [0.3, 0.4) is 0 Å². The lowest BCUT2D eigenvalue weighted by Crippen LogP contribution is -2.36. The molecule has 3 aromatic rings. The third kappa shape index (κ3) is 9.52. The molecule has 0 spiro atoms. The molecule has 1 aliphatic rings. The summed E-state index contributed by atoms with van der Waals surface area (Å²) in [6, 6.07) is 19.6. The van der Waals surface area contributed by atoms with Crippen molar-refractivity contribution in [3.8, 4) is 23.3 Å². The van der Waals surface area contributed by atoms with Crippen molar-refractivity contribution in [3.63, 3.8) is 0 Å². The average Bonchev–Trinajstić information content (AvgIpc) is 2.93. The number of ether oxygens (including phenoxy) is 4. The van der Waals surface area contributed by atoms with E-state index in [9.17, 15) is 4.79 Å². The highest BCUT2D eigenvalue weighted by Crippen LogP contribution is 2.34. The molecule has 39 heavy (non-hydrogen) atoms. The summed E-state index contributed by atoms with van der Waals surface area (Å²) in [7, 11) is 0. The SMILES string of the molecule is CCOC(=O)COc1ccc(Sc2cc(C#CCN3CCOCC3)cc(OCc3ccc(Cl)cc3)c2)cc1C. The van der Waals surface area contributed by atoms with E-state index in [0.29, 0.717) is 30.5 Å². The molecule has 0 saturated carbocycles. The Morgan fingerprint density at radius 3 is 2.56 bits per heavy atom. The summed E-state index contributed by atoms with van der Waals surface area (Å²) in [4.78, 5) is 16.0. The monoisotopic (exact) mass is 565 g/mol. The van der Waals surface area contributed by atoms with Crippen LogP contribution in [0.1, 0.15) is 23.6 Å². The Hall–Kier alpha value is -3.15. The third-order valence-corrected chi connectivity index (χ3v) is 7.08. The van der Waals surface area contributed by atoms with Gasteiger partial charge in [0.15, 0.2) is 6.61 Å². The van der Waals surface area contributed by atoms with E-state index in [-0.39, 0.29) is 12.6 Å². The number of benzene rings is 3. The number of aryl methyl sites for hydroxylation is 1. The molecule has 0 atom stereocenters. The van der Waals surface area contributed by atoms with Crippen molar-refractivity contribution in [1.29, 1.82) is 0 Å². The van der Waals surface area contributed by atoms with Gasteiger partial charge in [-0.3, -0.25) is 4.90 Å². The highest BCUT2D eigenvalue weighted by Gasteiger charge is 2.10. The van der Waals surface area contributed by atoms with Crippen LogP contribution in [0.5, 0.6) is 11.5 Å². The number of carbonyl (C=O) groups excluding carboxylic acids is 1. The lowest BCUT2D eigenvalue weighted by molar-refractivity contribution is -0.145. The predicted octanol–water partition coefficient (Wildman–Crippen LogP) is 6.00. The van der Waals surface area contributed by atoms with Crippen molar-refractivity contribution in [3.05, 3.63) is 82.4 Å². The number of carbonyl (C=O) groups is 1. The smallest absolute Gasteiger partial charge is 0.344 e. The quantitative estimate of drug-likeness (QED) is 0.221. The van der Waals surface area contributed by atoms with Gasteiger partial charge >= 0.3 is 5.97 Å². The number of morpholine rings is 1. The van der Waals surface area contributed by atoms with Gasteiger partial charge in [0.05, 0.1) is 26.4 Å². The molecule has 0 aromatic heterocycles. The zero-order chi connectivity index (χ0) is 27.5. The van der Waals surface area contributed by atoms with Gasteiger partial charge in [0.1, 0.15) is 18.1 Å². The molecular formula is C31H32ClNO5S. The fourth-order valence-corrected chi connectivity index (χ4v) is 5.00. The Balaban J connectivity index is 1.48. The molecule has 0 aliphatic carbocycles. The van der Waals surface area contributed by atoms with Crippen molar-refractivity contribution >= 4 is 29.3 Å². The fourth-order valence-electron chi connectivity index (χ4n) is 3.87. The van der Waals surface area contributed by atoms with Crippen LogP contribution in [0.2, 0.25) is 5.02 Å². The fraction of sp³-hybridized carbons (Fsp3) is 0.323. The minimum atomic E-state index is -0.381. The summed E-state index contributed by atoms with van der Waals surface area (Å²) in [5, 5.41) is 0.697. The van der Waals surface area contributed by atoms with Gasteiger partial charge in [0.25, 0.3) is 0 Å². The van der Waals surface area contributed by atoms with E-state index in [1.54, 1.807) is 18.7 Å². The number of halogens is 1. The molecule has 0 radical (unpaired) electrons. The van der Waals surface area contributed by atoms with Crippen LogP contribution in [0, 0.1) is 18.8 Å². The summed E-state index contributed by atoms with van der Waals surface area (Å²) in [5.41, 5.74) is 2.86. The lowest BCUT2D eigenvalue weighted by Gasteiger charge is -2.24. The Labute approximate surface area is 239 Å². The number of esters is 1. The first-order valence-corrected chi connectivity index (χ1v) is 14.1. The van der Waals surface area contributed by atoms with Crippen molar-refractivity contribution in [2.24, 2.45) is 0 Å². The van der Waals surface area contributed by atoms with E-state index < -0.39 is 0 Å². The summed E-state index contributed by atoms with van der Waals surface area (Å²) < 4.78 is 22.1. The standard InChI is InChI=1S/C31H32ClNO5S/c1-3-36-31(34)22-38-30-11-10-28(17-23(30)2)39-29-19-25(5-4-12-33-13-15-35-16-14-33)18-27(20-29)37-21-24-6-8-26(32)9-7-24/h6-11,17-20H,3,12-16,21-22H2,1-2H3. The molecule has 0 amide bonds. The number of hydrogen-bond donors (Lipinski definition) is 0. The summed E-state index contributed by atoms with van der Waals surface area (Å²) in [5.74, 6) is 7.64. The minimum Gasteiger partial charge on any atom is -0.489 e. The maximum absolute atomic E-state index is 11.6. The normalized spacial score (nSPS) is 13.3. The van der Waals surface area contributed by atoms with Gasteiger partial charge in [-0.2, -0.15) is 0 Å². The first-order chi connectivity index (χ1) is 19.0. The van der Waals surface area contributed by atoms with E-state index in [1.165, 1.54) is 0 Å². The molecule has 4 rings (SSSR count). The van der Waals surface area contributed by atoms with Crippen molar-refractivity contribution in [2.45, 2.75) is 30.2 Å². The summed E-state index contributed by atoms with van der Waals surface area (Å²) in [6.07, 6.45) is 0. The van der Waals surface area contributed by atoms with Gasteiger partial charge < -0.3 is 18.9 Å². The van der Waals surface area contributed by atoms with Crippen LogP contribution in [0.25, 0.3) is 0 Å². The molecule has 1 aliphatic heterocycles. The Kier molecular flexibility index (Phi) is 11.0.